The lowest BCUT2D eigenvalue weighted by Gasteiger charge is -2.09. The van der Waals surface area contributed by atoms with E-state index in [1.54, 1.807) is 4.68 Å². The monoisotopic (exact) mass is 271 g/mol. The van der Waals surface area contributed by atoms with E-state index in [0.717, 1.165) is 23.4 Å². The van der Waals surface area contributed by atoms with Crippen LogP contribution in [0.25, 0.3) is 0 Å². The predicted octanol–water partition coefficient (Wildman–Crippen LogP) is 3.27. The van der Waals surface area contributed by atoms with Gasteiger partial charge in [-0.25, -0.2) is 8.78 Å². The fraction of sp³-hybridized carbons (Fsp3) is 0.250. The van der Waals surface area contributed by atoms with Crippen LogP contribution >= 0.6 is 11.6 Å². The molecule has 1 N–H and O–H groups in total. The van der Waals surface area contributed by atoms with Crippen molar-refractivity contribution >= 4 is 17.3 Å². The number of halogens is 3. The van der Waals surface area contributed by atoms with E-state index in [1.807, 2.05) is 20.2 Å². The van der Waals surface area contributed by atoms with Gasteiger partial charge in [-0.05, 0) is 13.0 Å². The third-order valence-corrected chi connectivity index (χ3v) is 2.88. The van der Waals surface area contributed by atoms with E-state index in [4.69, 9.17) is 11.6 Å². The zero-order valence-corrected chi connectivity index (χ0v) is 10.7. The largest absolute Gasteiger partial charge is 0.377 e. The van der Waals surface area contributed by atoms with Gasteiger partial charge in [-0.1, -0.05) is 11.6 Å². The third kappa shape index (κ3) is 2.61. The van der Waals surface area contributed by atoms with Crippen LogP contribution in [-0.4, -0.2) is 9.78 Å². The second-order valence-electron chi connectivity index (χ2n) is 4.01. The van der Waals surface area contributed by atoms with Crippen molar-refractivity contribution in [3.05, 3.63) is 46.2 Å². The highest BCUT2D eigenvalue weighted by molar-refractivity contribution is 6.33. The van der Waals surface area contributed by atoms with Crippen molar-refractivity contribution < 1.29 is 8.78 Å². The fourth-order valence-corrected chi connectivity index (χ4v) is 1.98. The van der Waals surface area contributed by atoms with E-state index in [0.29, 0.717) is 6.54 Å². The Morgan fingerprint density at radius 1 is 1.39 bits per heavy atom. The maximum absolute atomic E-state index is 13.5. The molecular weight excluding hydrogens is 260 g/mol. The Bertz CT molecular complexity index is 558. The van der Waals surface area contributed by atoms with E-state index in [-0.39, 0.29) is 10.7 Å². The molecule has 0 aliphatic rings. The minimum Gasteiger partial charge on any atom is -0.377 e. The molecule has 96 valence electrons. The summed E-state index contributed by atoms with van der Waals surface area (Å²) >= 11 is 5.78. The summed E-state index contributed by atoms with van der Waals surface area (Å²) in [4.78, 5) is 0. The number of hydrogen-bond acceptors (Lipinski definition) is 2. The molecule has 1 heterocycles. The molecule has 2 rings (SSSR count). The highest BCUT2D eigenvalue weighted by atomic mass is 35.5. The van der Waals surface area contributed by atoms with Crippen LogP contribution < -0.4 is 5.32 Å². The molecule has 0 aliphatic heterocycles. The van der Waals surface area contributed by atoms with Crippen molar-refractivity contribution in [2.45, 2.75) is 13.5 Å². The summed E-state index contributed by atoms with van der Waals surface area (Å²) in [5, 5.41) is 7.05. The smallest absolute Gasteiger partial charge is 0.150 e. The summed E-state index contributed by atoms with van der Waals surface area (Å²) in [5.41, 5.74) is 1.88. The summed E-state index contributed by atoms with van der Waals surface area (Å²) in [5.74, 6) is -1.40. The van der Waals surface area contributed by atoms with Gasteiger partial charge in [0.1, 0.15) is 5.82 Å². The minimum absolute atomic E-state index is 0.0223. The molecule has 0 bridgehead atoms. The Balaban J connectivity index is 2.18. The Morgan fingerprint density at radius 2 is 2.11 bits per heavy atom. The quantitative estimate of drug-likeness (QED) is 0.928. The lowest BCUT2D eigenvalue weighted by molar-refractivity contribution is 0.585. The number of hydrogen-bond donors (Lipinski definition) is 1. The molecule has 2 aromatic rings. The maximum Gasteiger partial charge on any atom is 0.150 e. The van der Waals surface area contributed by atoms with Gasteiger partial charge >= 0.3 is 0 Å². The second-order valence-corrected chi connectivity index (χ2v) is 4.42. The van der Waals surface area contributed by atoms with E-state index < -0.39 is 11.6 Å². The zero-order valence-electron chi connectivity index (χ0n) is 9.97. The summed E-state index contributed by atoms with van der Waals surface area (Å²) < 4.78 is 28.1. The fourth-order valence-electron chi connectivity index (χ4n) is 1.72. The second kappa shape index (κ2) is 4.94. The molecule has 0 saturated carbocycles. The van der Waals surface area contributed by atoms with Gasteiger partial charge < -0.3 is 5.32 Å². The van der Waals surface area contributed by atoms with E-state index in [2.05, 4.69) is 10.4 Å². The molecule has 0 unspecified atom stereocenters. The molecule has 0 radical (unpaired) electrons. The molecule has 0 amide bonds. The number of nitrogens with one attached hydrogen (secondary N) is 1. The summed E-state index contributed by atoms with van der Waals surface area (Å²) in [7, 11) is 1.81. The van der Waals surface area contributed by atoms with Crippen molar-refractivity contribution in [3.63, 3.8) is 0 Å². The average Bonchev–Trinajstić information content (AvgIpc) is 2.55. The average molecular weight is 272 g/mol. The topological polar surface area (TPSA) is 29.9 Å². The van der Waals surface area contributed by atoms with E-state index in [1.165, 1.54) is 0 Å². The van der Waals surface area contributed by atoms with Crippen LogP contribution in [0, 0.1) is 18.6 Å². The zero-order chi connectivity index (χ0) is 13.3. The first kappa shape index (κ1) is 12.8. The first-order valence-electron chi connectivity index (χ1n) is 5.35. The molecule has 3 nitrogen and oxygen atoms in total. The van der Waals surface area contributed by atoms with Crippen LogP contribution in [0.5, 0.6) is 0 Å². The highest BCUT2D eigenvalue weighted by Crippen LogP contribution is 2.26. The van der Waals surface area contributed by atoms with Crippen molar-refractivity contribution in [2.75, 3.05) is 5.32 Å². The van der Waals surface area contributed by atoms with Gasteiger partial charge in [0.05, 0.1) is 16.4 Å². The Morgan fingerprint density at radius 3 is 2.67 bits per heavy atom. The standard InChI is InChI=1S/C12H12ClF2N3/c1-7-8(6-18(2)17-7)5-16-12-10(13)3-9(14)4-11(12)15/h3-4,6,16H,5H2,1-2H3. The molecule has 0 atom stereocenters. The van der Waals surface area contributed by atoms with Gasteiger partial charge in [0.15, 0.2) is 5.82 Å². The maximum atomic E-state index is 13.5. The highest BCUT2D eigenvalue weighted by Gasteiger charge is 2.10. The van der Waals surface area contributed by atoms with Gasteiger partial charge in [-0.2, -0.15) is 5.10 Å². The van der Waals surface area contributed by atoms with Crippen LogP contribution in [0.4, 0.5) is 14.5 Å². The number of benzene rings is 1. The summed E-state index contributed by atoms with van der Waals surface area (Å²) in [6.07, 6.45) is 1.83. The lowest BCUT2D eigenvalue weighted by Crippen LogP contribution is -2.03. The lowest BCUT2D eigenvalue weighted by atomic mass is 10.2. The number of anilines is 1. The summed E-state index contributed by atoms with van der Waals surface area (Å²) in [6.45, 7) is 2.24. The third-order valence-electron chi connectivity index (χ3n) is 2.58. The van der Waals surface area contributed by atoms with E-state index >= 15 is 0 Å². The normalized spacial score (nSPS) is 10.7. The Kier molecular flexibility index (Phi) is 3.52. The van der Waals surface area contributed by atoms with E-state index in [9.17, 15) is 8.78 Å². The molecule has 1 aromatic heterocycles. The van der Waals surface area contributed by atoms with Crippen LogP contribution in [0.15, 0.2) is 18.3 Å². The molecule has 6 heteroatoms. The molecule has 1 aromatic carbocycles. The van der Waals surface area contributed by atoms with Gasteiger partial charge in [0, 0.05) is 31.4 Å². The van der Waals surface area contributed by atoms with Crippen molar-refractivity contribution in [2.24, 2.45) is 7.05 Å². The number of rotatable bonds is 3. The molecule has 0 aliphatic carbocycles. The number of aryl methyl sites for hydroxylation is 2. The Labute approximate surface area is 108 Å². The summed E-state index contributed by atoms with van der Waals surface area (Å²) in [6, 6.07) is 1.87. The molecular formula is C12H12ClF2N3. The SMILES string of the molecule is Cc1nn(C)cc1CNc1c(F)cc(F)cc1Cl. The predicted molar refractivity (Wildman–Crippen MR) is 66.6 cm³/mol. The molecule has 0 spiro atoms. The van der Waals surface area contributed by atoms with Crippen LogP contribution in [0.2, 0.25) is 5.02 Å². The van der Waals surface area contributed by atoms with Crippen LogP contribution in [0.1, 0.15) is 11.3 Å². The van der Waals surface area contributed by atoms with Crippen molar-refractivity contribution in [3.8, 4) is 0 Å². The van der Waals surface area contributed by atoms with Gasteiger partial charge in [0.25, 0.3) is 0 Å². The Hall–Kier alpha value is -1.62. The van der Waals surface area contributed by atoms with Gasteiger partial charge in [-0.3, -0.25) is 4.68 Å². The van der Waals surface area contributed by atoms with Gasteiger partial charge in [-0.15, -0.1) is 0 Å². The van der Waals surface area contributed by atoms with Crippen LogP contribution in [0.3, 0.4) is 0 Å². The van der Waals surface area contributed by atoms with Crippen molar-refractivity contribution in [1.29, 1.82) is 0 Å². The molecule has 0 fully saturated rings. The van der Waals surface area contributed by atoms with Crippen molar-refractivity contribution in [1.82, 2.24) is 9.78 Å². The number of aromatic nitrogens is 2. The first-order valence-corrected chi connectivity index (χ1v) is 5.72. The number of nitrogens with zero attached hydrogens (tertiary/aromatic N) is 2. The molecule has 18 heavy (non-hydrogen) atoms. The van der Waals surface area contributed by atoms with Gasteiger partial charge in [0.2, 0.25) is 0 Å². The van der Waals surface area contributed by atoms with Crippen LogP contribution in [-0.2, 0) is 13.6 Å². The molecule has 0 saturated heterocycles. The minimum atomic E-state index is -0.707. The first-order chi connectivity index (χ1) is 8.47.